The fourth-order valence-corrected chi connectivity index (χ4v) is 2.27. The molecule has 6 nitrogen and oxygen atoms in total. The van der Waals surface area contributed by atoms with Gasteiger partial charge in [0.15, 0.2) is 0 Å². The molecule has 104 valence electrons. The monoisotopic (exact) mass is 305 g/mol. The second kappa shape index (κ2) is 6.32. The van der Waals surface area contributed by atoms with Gasteiger partial charge in [0, 0.05) is 5.02 Å². The van der Waals surface area contributed by atoms with Gasteiger partial charge in [-0.2, -0.15) is 0 Å². The van der Waals surface area contributed by atoms with E-state index in [9.17, 15) is 9.36 Å². The van der Waals surface area contributed by atoms with E-state index in [0.29, 0.717) is 10.6 Å². The van der Waals surface area contributed by atoms with Gasteiger partial charge in [0.05, 0.1) is 6.16 Å². The van der Waals surface area contributed by atoms with E-state index in [1.165, 1.54) is 12.1 Å². The fraction of sp³-hybridized carbons (Fsp3) is 0.182. The third kappa shape index (κ3) is 5.55. The lowest BCUT2D eigenvalue weighted by Crippen LogP contribution is -2.28. The second-order valence-corrected chi connectivity index (χ2v) is 5.97. The van der Waals surface area contributed by atoms with E-state index in [-0.39, 0.29) is 5.57 Å². The Morgan fingerprint density at radius 2 is 1.89 bits per heavy atom. The molecule has 5 N–H and O–H groups in total. The number of hydrogen-bond acceptors (Lipinski definition) is 3. The summed E-state index contributed by atoms with van der Waals surface area (Å²) >= 11 is 5.71. The molecule has 0 saturated carbocycles. The summed E-state index contributed by atoms with van der Waals surface area (Å²) in [6, 6.07) is 4.82. The first-order valence-electron chi connectivity index (χ1n) is 5.18. The predicted molar refractivity (Wildman–Crippen MR) is 72.0 cm³/mol. The maximum absolute atomic E-state index is 11.1. The van der Waals surface area contributed by atoms with Gasteiger partial charge in [-0.1, -0.05) is 29.8 Å². The van der Waals surface area contributed by atoms with Gasteiger partial charge < -0.3 is 20.6 Å². The smallest absolute Gasteiger partial charge is 0.329 e. The summed E-state index contributed by atoms with van der Waals surface area (Å²) in [5.41, 5.74) is 5.98. The molecule has 0 heterocycles. The molecule has 0 aliphatic carbocycles. The zero-order valence-electron chi connectivity index (χ0n) is 9.73. The molecule has 0 aliphatic rings. The van der Waals surface area contributed by atoms with Gasteiger partial charge in [0.25, 0.3) is 0 Å². The average Bonchev–Trinajstić information content (AvgIpc) is 2.27. The second-order valence-electron chi connectivity index (χ2n) is 3.89. The van der Waals surface area contributed by atoms with Crippen LogP contribution in [0.3, 0.4) is 0 Å². The van der Waals surface area contributed by atoms with Gasteiger partial charge in [-0.15, -0.1) is 0 Å². The zero-order chi connectivity index (χ0) is 14.6. The summed E-state index contributed by atoms with van der Waals surface area (Å²) in [5.74, 6) is -1.28. The van der Waals surface area contributed by atoms with Crippen molar-refractivity contribution in [1.29, 1.82) is 0 Å². The minimum atomic E-state index is -4.34. The zero-order valence-corrected chi connectivity index (χ0v) is 11.4. The van der Waals surface area contributed by atoms with Crippen LogP contribution < -0.4 is 5.73 Å². The molecule has 0 radical (unpaired) electrons. The van der Waals surface area contributed by atoms with Crippen molar-refractivity contribution in [3.63, 3.8) is 0 Å². The van der Waals surface area contributed by atoms with E-state index in [1.807, 2.05) is 0 Å². The van der Waals surface area contributed by atoms with Crippen LogP contribution in [0.2, 0.25) is 5.02 Å². The Kier molecular flexibility index (Phi) is 5.29. The largest absolute Gasteiger partial charge is 0.480 e. The number of carbonyl (C=O) groups is 1. The van der Waals surface area contributed by atoms with Crippen LogP contribution in [-0.2, 0) is 9.36 Å². The topological polar surface area (TPSA) is 121 Å². The van der Waals surface area contributed by atoms with Crippen LogP contribution in [0, 0.1) is 0 Å². The molecular formula is C11H13ClNO5P. The Morgan fingerprint density at radius 3 is 2.32 bits per heavy atom. The molecule has 0 amide bonds. The third-order valence-electron chi connectivity index (χ3n) is 2.26. The molecule has 1 aromatic rings. The van der Waals surface area contributed by atoms with Gasteiger partial charge >= 0.3 is 13.6 Å². The quantitative estimate of drug-likeness (QED) is 0.609. The lowest BCUT2D eigenvalue weighted by molar-refractivity contribution is -0.137. The lowest BCUT2D eigenvalue weighted by Gasteiger charge is -2.11. The minimum Gasteiger partial charge on any atom is -0.480 e. The molecular weight excluding hydrogens is 293 g/mol. The van der Waals surface area contributed by atoms with Gasteiger partial charge in [0.2, 0.25) is 0 Å². The minimum absolute atomic E-state index is 0.167. The van der Waals surface area contributed by atoms with Crippen molar-refractivity contribution in [3.05, 3.63) is 40.9 Å². The van der Waals surface area contributed by atoms with Crippen LogP contribution in [0.4, 0.5) is 0 Å². The number of allylic oxidation sites excluding steroid dienone is 1. The lowest BCUT2D eigenvalue weighted by atomic mass is 10.1. The van der Waals surface area contributed by atoms with Gasteiger partial charge in [-0.3, -0.25) is 9.36 Å². The van der Waals surface area contributed by atoms with Crippen molar-refractivity contribution < 1.29 is 24.3 Å². The molecule has 0 spiro atoms. The number of nitrogens with two attached hydrogens (primary N) is 1. The summed E-state index contributed by atoms with van der Waals surface area (Å²) < 4.78 is 11.1. The number of rotatable bonds is 5. The van der Waals surface area contributed by atoms with E-state index in [0.717, 1.165) is 6.08 Å². The van der Waals surface area contributed by atoms with Crippen molar-refractivity contribution >= 4 is 30.7 Å². The molecule has 19 heavy (non-hydrogen) atoms. The maximum Gasteiger partial charge on any atom is 0.329 e. The van der Waals surface area contributed by atoms with Gasteiger partial charge in [-0.25, -0.2) is 0 Å². The van der Waals surface area contributed by atoms with Crippen LogP contribution >= 0.6 is 19.2 Å². The highest BCUT2D eigenvalue weighted by molar-refractivity contribution is 7.52. The molecule has 0 saturated heterocycles. The summed E-state index contributed by atoms with van der Waals surface area (Å²) in [7, 11) is -4.34. The summed E-state index contributed by atoms with van der Waals surface area (Å²) in [5, 5.41) is 9.20. The predicted octanol–water partition coefficient (Wildman–Crippen LogP) is 1.31. The molecule has 0 fully saturated rings. The Hall–Kier alpha value is -1.17. The van der Waals surface area contributed by atoms with Crippen molar-refractivity contribution in [2.24, 2.45) is 5.73 Å². The van der Waals surface area contributed by atoms with Crippen molar-refractivity contribution in [1.82, 2.24) is 0 Å². The highest BCUT2D eigenvalue weighted by Crippen LogP contribution is 2.39. The molecule has 1 aromatic carbocycles. The Morgan fingerprint density at radius 1 is 1.37 bits per heavy atom. The van der Waals surface area contributed by atoms with Crippen molar-refractivity contribution in [2.75, 3.05) is 6.16 Å². The normalized spacial score (nSPS) is 14.2. The van der Waals surface area contributed by atoms with Gasteiger partial charge in [0.1, 0.15) is 6.04 Å². The molecule has 1 atom stereocenters. The summed E-state index contributed by atoms with van der Waals surface area (Å²) in [6.07, 6.45) is 0.528. The van der Waals surface area contributed by atoms with E-state index < -0.39 is 25.8 Å². The fourth-order valence-electron chi connectivity index (χ4n) is 1.41. The van der Waals surface area contributed by atoms with Crippen LogP contribution in [0.5, 0.6) is 0 Å². The van der Waals surface area contributed by atoms with Crippen LogP contribution in [-0.4, -0.2) is 33.1 Å². The number of halogens is 1. The average molecular weight is 306 g/mol. The number of benzene rings is 1. The first-order chi connectivity index (χ1) is 8.69. The SMILES string of the molecule is NC(/C=C(/CP(=O)(O)O)c1ccc(Cl)cc1)C(=O)O. The standard InChI is InChI=1S/C11H13ClNO5P/c12-9-3-1-7(2-4-9)8(6-19(16,17)18)5-10(13)11(14)15/h1-5,10H,6,13H2,(H,14,15)(H2,16,17,18)/b8-5-. The third-order valence-corrected chi connectivity index (χ3v) is 3.26. The van der Waals surface area contributed by atoms with E-state index in [2.05, 4.69) is 0 Å². The van der Waals surface area contributed by atoms with Crippen LogP contribution in [0.25, 0.3) is 5.57 Å². The summed E-state index contributed by atoms with van der Waals surface area (Å²) in [4.78, 5) is 28.7. The van der Waals surface area contributed by atoms with E-state index >= 15 is 0 Å². The molecule has 0 aliphatic heterocycles. The Labute approximate surface area is 114 Å². The Balaban J connectivity index is 3.15. The van der Waals surface area contributed by atoms with Gasteiger partial charge in [-0.05, 0) is 23.3 Å². The molecule has 1 unspecified atom stereocenters. The number of carboxylic acids is 1. The van der Waals surface area contributed by atoms with Crippen molar-refractivity contribution in [2.45, 2.75) is 6.04 Å². The molecule has 8 heteroatoms. The van der Waals surface area contributed by atoms with E-state index in [4.69, 9.17) is 32.2 Å². The first kappa shape index (κ1) is 15.9. The number of aliphatic carboxylic acids is 1. The van der Waals surface area contributed by atoms with Crippen LogP contribution in [0.1, 0.15) is 5.56 Å². The highest BCUT2D eigenvalue weighted by Gasteiger charge is 2.19. The van der Waals surface area contributed by atoms with Crippen LogP contribution in [0.15, 0.2) is 30.3 Å². The molecule has 0 bridgehead atoms. The van der Waals surface area contributed by atoms with Crippen molar-refractivity contribution in [3.8, 4) is 0 Å². The first-order valence-corrected chi connectivity index (χ1v) is 7.36. The highest BCUT2D eigenvalue weighted by atomic mass is 35.5. The van der Waals surface area contributed by atoms with E-state index in [1.54, 1.807) is 12.1 Å². The number of hydrogen-bond donors (Lipinski definition) is 4. The molecule has 0 aromatic heterocycles. The Bertz CT molecular complexity index is 537. The summed E-state index contributed by atoms with van der Waals surface area (Å²) in [6.45, 7) is 0. The maximum atomic E-state index is 11.1. The number of carboxylic acid groups (broad SMARTS) is 1. The molecule has 1 rings (SSSR count).